The van der Waals surface area contributed by atoms with Crippen LogP contribution in [0.1, 0.15) is 17.3 Å². The number of carbonyl (C=O) groups is 1. The maximum atomic E-state index is 12.0. The van der Waals surface area contributed by atoms with E-state index in [1.807, 2.05) is 17.7 Å². The second-order valence-corrected chi connectivity index (χ2v) is 5.21. The smallest absolute Gasteiger partial charge is 0.255 e. The van der Waals surface area contributed by atoms with E-state index in [2.05, 4.69) is 26.2 Å². The van der Waals surface area contributed by atoms with Gasteiger partial charge in [0, 0.05) is 29.5 Å². The van der Waals surface area contributed by atoms with Crippen molar-refractivity contribution in [2.75, 3.05) is 0 Å². The summed E-state index contributed by atoms with van der Waals surface area (Å²) in [6.07, 6.45) is 5.22. The van der Waals surface area contributed by atoms with Gasteiger partial charge in [-0.3, -0.25) is 4.79 Å². The van der Waals surface area contributed by atoms with Crippen LogP contribution in [0.15, 0.2) is 41.4 Å². The Morgan fingerprint density at radius 1 is 1.58 bits per heavy atom. The largest absolute Gasteiger partial charge is 0.507 e. The van der Waals surface area contributed by atoms with Gasteiger partial charge < -0.3 is 15.0 Å². The van der Waals surface area contributed by atoms with E-state index in [0.29, 0.717) is 6.54 Å². The zero-order valence-corrected chi connectivity index (χ0v) is 12.0. The van der Waals surface area contributed by atoms with Crippen molar-refractivity contribution in [1.82, 2.24) is 14.9 Å². The van der Waals surface area contributed by atoms with Crippen molar-refractivity contribution < 1.29 is 9.90 Å². The van der Waals surface area contributed by atoms with Crippen LogP contribution in [0.3, 0.4) is 0 Å². The first kappa shape index (κ1) is 13.6. The molecule has 1 unspecified atom stereocenters. The fourth-order valence-electron chi connectivity index (χ4n) is 1.75. The molecule has 2 N–H and O–H groups in total. The lowest BCUT2D eigenvalue weighted by molar-refractivity contribution is 0.0934. The Bertz CT molecular complexity index is 569. The fraction of sp³-hybridized carbons (Fsp3) is 0.231. The van der Waals surface area contributed by atoms with Crippen molar-refractivity contribution in [2.45, 2.75) is 19.5 Å². The maximum absolute atomic E-state index is 12.0. The lowest BCUT2D eigenvalue weighted by Gasteiger charge is -2.15. The molecule has 100 valence electrons. The molecule has 0 radical (unpaired) electrons. The van der Waals surface area contributed by atoms with Gasteiger partial charge in [0.2, 0.25) is 0 Å². The number of phenolic OH excluding ortho intramolecular Hbond substituents is 1. The van der Waals surface area contributed by atoms with Crippen LogP contribution in [0.25, 0.3) is 0 Å². The zero-order valence-electron chi connectivity index (χ0n) is 10.4. The normalized spacial score (nSPS) is 12.1. The quantitative estimate of drug-likeness (QED) is 0.906. The summed E-state index contributed by atoms with van der Waals surface area (Å²) in [5.41, 5.74) is 0.265. The fourth-order valence-corrected chi connectivity index (χ4v) is 2.10. The second kappa shape index (κ2) is 5.88. The van der Waals surface area contributed by atoms with Crippen LogP contribution >= 0.6 is 15.9 Å². The Kier molecular flexibility index (Phi) is 4.21. The van der Waals surface area contributed by atoms with Gasteiger partial charge in [0.25, 0.3) is 5.91 Å². The molecule has 6 heteroatoms. The minimum Gasteiger partial charge on any atom is -0.507 e. The average Bonchev–Trinajstić information content (AvgIpc) is 2.81. The van der Waals surface area contributed by atoms with E-state index >= 15 is 0 Å². The molecule has 5 nitrogen and oxygen atoms in total. The first-order chi connectivity index (χ1) is 9.06. The lowest BCUT2D eigenvalue weighted by atomic mass is 10.2. The van der Waals surface area contributed by atoms with E-state index in [-0.39, 0.29) is 23.3 Å². The number of phenols is 1. The van der Waals surface area contributed by atoms with Gasteiger partial charge in [-0.1, -0.05) is 15.9 Å². The van der Waals surface area contributed by atoms with Crippen molar-refractivity contribution in [3.63, 3.8) is 0 Å². The van der Waals surface area contributed by atoms with Crippen LogP contribution in [-0.2, 0) is 6.54 Å². The van der Waals surface area contributed by atoms with E-state index in [1.54, 1.807) is 24.7 Å². The number of hydrogen-bond donors (Lipinski definition) is 2. The van der Waals surface area contributed by atoms with Gasteiger partial charge in [0.15, 0.2) is 0 Å². The molecule has 0 spiro atoms. The molecule has 0 saturated carbocycles. The molecule has 19 heavy (non-hydrogen) atoms. The molecule has 1 heterocycles. The number of rotatable bonds is 4. The highest BCUT2D eigenvalue weighted by Gasteiger charge is 2.14. The number of aromatic hydroxyl groups is 1. The molecule has 1 aromatic carbocycles. The molecule has 2 aromatic rings. The van der Waals surface area contributed by atoms with Gasteiger partial charge in [-0.25, -0.2) is 4.98 Å². The number of amides is 1. The zero-order chi connectivity index (χ0) is 13.8. The summed E-state index contributed by atoms with van der Waals surface area (Å²) in [5.74, 6) is -0.334. The van der Waals surface area contributed by atoms with E-state index < -0.39 is 0 Å². The van der Waals surface area contributed by atoms with Crippen molar-refractivity contribution in [3.8, 4) is 5.75 Å². The summed E-state index contributed by atoms with van der Waals surface area (Å²) >= 11 is 3.23. The molecule has 1 atom stereocenters. The van der Waals surface area contributed by atoms with Gasteiger partial charge in [-0.2, -0.15) is 0 Å². The van der Waals surface area contributed by atoms with Crippen molar-refractivity contribution in [3.05, 3.63) is 47.0 Å². The first-order valence-electron chi connectivity index (χ1n) is 5.81. The van der Waals surface area contributed by atoms with E-state index in [9.17, 15) is 9.90 Å². The number of benzene rings is 1. The SMILES string of the molecule is CC(Cn1ccnc1)NC(=O)c1ccc(Br)cc1O. The molecular weight excluding hydrogens is 310 g/mol. The third-order valence-electron chi connectivity index (χ3n) is 2.63. The summed E-state index contributed by atoms with van der Waals surface area (Å²) in [4.78, 5) is 15.9. The highest BCUT2D eigenvalue weighted by Crippen LogP contribution is 2.22. The number of carbonyl (C=O) groups excluding carboxylic acids is 1. The highest BCUT2D eigenvalue weighted by atomic mass is 79.9. The summed E-state index contributed by atoms with van der Waals surface area (Å²) in [7, 11) is 0. The number of imidazole rings is 1. The third-order valence-corrected chi connectivity index (χ3v) is 3.12. The lowest BCUT2D eigenvalue weighted by Crippen LogP contribution is -2.35. The van der Waals surface area contributed by atoms with Gasteiger partial charge >= 0.3 is 0 Å². The van der Waals surface area contributed by atoms with Crippen LogP contribution in [0.2, 0.25) is 0 Å². The summed E-state index contributed by atoms with van der Waals surface area (Å²) in [6.45, 7) is 2.52. The Labute approximate surface area is 119 Å². The molecule has 2 rings (SSSR count). The third kappa shape index (κ3) is 3.57. The predicted molar refractivity (Wildman–Crippen MR) is 75.0 cm³/mol. The summed E-state index contributed by atoms with van der Waals surface area (Å²) in [5, 5.41) is 12.6. The molecule has 1 aromatic heterocycles. The predicted octanol–water partition coefficient (Wildman–Crippen LogP) is 2.17. The van der Waals surface area contributed by atoms with Crippen LogP contribution in [0, 0.1) is 0 Å². The van der Waals surface area contributed by atoms with E-state index in [4.69, 9.17) is 0 Å². The Hall–Kier alpha value is -1.82. The minimum absolute atomic E-state index is 0.0401. The molecule has 0 aliphatic carbocycles. The minimum atomic E-state index is -0.294. The van der Waals surface area contributed by atoms with E-state index in [0.717, 1.165) is 4.47 Å². The second-order valence-electron chi connectivity index (χ2n) is 4.30. The number of aromatic nitrogens is 2. The van der Waals surface area contributed by atoms with Gasteiger partial charge in [-0.05, 0) is 25.1 Å². The molecule has 0 fully saturated rings. The molecule has 0 saturated heterocycles. The number of nitrogens with one attached hydrogen (secondary N) is 1. The van der Waals surface area contributed by atoms with Crippen LogP contribution in [0.4, 0.5) is 0 Å². The van der Waals surface area contributed by atoms with Crippen molar-refractivity contribution >= 4 is 21.8 Å². The molecule has 0 aliphatic heterocycles. The molecule has 0 bridgehead atoms. The molecular formula is C13H14BrN3O2. The number of hydrogen-bond acceptors (Lipinski definition) is 3. The maximum Gasteiger partial charge on any atom is 0.255 e. The Morgan fingerprint density at radius 2 is 2.37 bits per heavy atom. The number of nitrogens with zero attached hydrogens (tertiary/aromatic N) is 2. The molecule has 0 aliphatic rings. The van der Waals surface area contributed by atoms with E-state index in [1.165, 1.54) is 6.07 Å². The number of halogens is 1. The van der Waals surface area contributed by atoms with Crippen molar-refractivity contribution in [2.24, 2.45) is 0 Å². The van der Waals surface area contributed by atoms with Crippen LogP contribution in [0.5, 0.6) is 5.75 Å². The Morgan fingerprint density at radius 3 is 3.00 bits per heavy atom. The van der Waals surface area contributed by atoms with Crippen LogP contribution < -0.4 is 5.32 Å². The van der Waals surface area contributed by atoms with Gasteiger partial charge in [0.1, 0.15) is 5.75 Å². The van der Waals surface area contributed by atoms with Gasteiger partial charge in [0.05, 0.1) is 11.9 Å². The monoisotopic (exact) mass is 323 g/mol. The Balaban J connectivity index is 2.00. The van der Waals surface area contributed by atoms with Crippen molar-refractivity contribution in [1.29, 1.82) is 0 Å². The summed E-state index contributed by atoms with van der Waals surface area (Å²) in [6, 6.07) is 4.73. The average molecular weight is 324 g/mol. The highest BCUT2D eigenvalue weighted by molar-refractivity contribution is 9.10. The first-order valence-corrected chi connectivity index (χ1v) is 6.60. The molecule has 1 amide bonds. The van der Waals surface area contributed by atoms with Crippen LogP contribution in [-0.4, -0.2) is 26.6 Å². The van der Waals surface area contributed by atoms with Gasteiger partial charge in [-0.15, -0.1) is 0 Å². The topological polar surface area (TPSA) is 67.2 Å². The summed E-state index contributed by atoms with van der Waals surface area (Å²) < 4.78 is 2.61. The standard InChI is InChI=1S/C13H14BrN3O2/c1-9(7-17-5-4-15-8-17)16-13(19)11-3-2-10(14)6-12(11)18/h2-6,8-9,18H,7H2,1H3,(H,16,19).